The van der Waals surface area contributed by atoms with E-state index in [1.165, 1.54) is 5.56 Å². The van der Waals surface area contributed by atoms with E-state index >= 15 is 0 Å². The van der Waals surface area contributed by atoms with Gasteiger partial charge in [-0.2, -0.15) is 0 Å². The third-order valence-corrected chi connectivity index (χ3v) is 7.97. The fourth-order valence-corrected chi connectivity index (χ4v) is 5.32. The van der Waals surface area contributed by atoms with Crippen LogP contribution in [-0.2, 0) is 10.2 Å². The van der Waals surface area contributed by atoms with Crippen molar-refractivity contribution in [1.29, 1.82) is 0 Å². The number of fused-ring (bicyclic) bond motifs is 1. The average molecular weight is 589 g/mol. The normalized spacial score (nSPS) is 13.6. The Balaban J connectivity index is 1.24. The number of carbonyl (C=O) groups is 2. The summed E-state index contributed by atoms with van der Waals surface area (Å²) in [4.78, 5) is 40.4. The molecule has 1 fully saturated rings. The van der Waals surface area contributed by atoms with Gasteiger partial charge >= 0.3 is 0 Å². The number of nitrogens with zero attached hydrogens (tertiary/aromatic N) is 3. The molecule has 0 saturated carbocycles. The smallest absolute Gasteiger partial charge is 0.255 e. The molecule has 0 bridgehead atoms. The van der Waals surface area contributed by atoms with Crippen molar-refractivity contribution in [2.45, 2.75) is 33.1 Å². The van der Waals surface area contributed by atoms with Gasteiger partial charge in [-0.15, -0.1) is 0 Å². The average Bonchev–Trinajstić information content (AvgIpc) is 3.51. The molecule has 3 heterocycles. The van der Waals surface area contributed by atoms with Crippen molar-refractivity contribution >= 4 is 40.0 Å². The molecule has 9 nitrogen and oxygen atoms in total. The molecule has 0 aliphatic carbocycles. The minimum Gasteiger partial charge on any atom is -0.378 e. The Kier molecular flexibility index (Phi) is 7.88. The fourth-order valence-electron chi connectivity index (χ4n) is 5.32. The summed E-state index contributed by atoms with van der Waals surface area (Å²) in [6.45, 7) is 10.8. The van der Waals surface area contributed by atoms with Gasteiger partial charge < -0.3 is 25.3 Å². The van der Waals surface area contributed by atoms with Crippen LogP contribution >= 0.6 is 0 Å². The summed E-state index contributed by atoms with van der Waals surface area (Å²) >= 11 is 0. The van der Waals surface area contributed by atoms with E-state index in [0.29, 0.717) is 54.5 Å². The number of rotatable bonds is 6. The minimum absolute atomic E-state index is 0.000894. The fraction of sp³-hybridized carbons (Fsp3) is 0.257. The molecule has 224 valence electrons. The lowest BCUT2D eigenvalue weighted by Crippen LogP contribution is -2.40. The van der Waals surface area contributed by atoms with Gasteiger partial charge in [0.15, 0.2) is 5.82 Å². The predicted molar refractivity (Wildman–Crippen MR) is 174 cm³/mol. The highest BCUT2D eigenvalue weighted by Gasteiger charge is 2.19. The van der Waals surface area contributed by atoms with Crippen LogP contribution in [-0.4, -0.2) is 58.0 Å². The van der Waals surface area contributed by atoms with E-state index < -0.39 is 0 Å². The molecule has 1 saturated heterocycles. The molecule has 0 atom stereocenters. The molecule has 3 N–H and O–H groups in total. The van der Waals surface area contributed by atoms with Crippen LogP contribution in [0, 0.1) is 6.92 Å². The molecule has 44 heavy (non-hydrogen) atoms. The zero-order chi connectivity index (χ0) is 30.8. The lowest BCUT2D eigenvalue weighted by Gasteiger charge is -2.26. The zero-order valence-electron chi connectivity index (χ0n) is 25.4. The Morgan fingerprint density at radius 2 is 1.64 bits per heavy atom. The summed E-state index contributed by atoms with van der Waals surface area (Å²) in [5, 5.41) is 6.46. The zero-order valence-corrected chi connectivity index (χ0v) is 25.4. The third kappa shape index (κ3) is 6.05. The number of ether oxygens (including phenoxy) is 1. The number of aromatic nitrogens is 3. The van der Waals surface area contributed by atoms with Gasteiger partial charge in [0, 0.05) is 41.2 Å². The molecule has 9 heteroatoms. The highest BCUT2D eigenvalue weighted by atomic mass is 16.5. The highest BCUT2D eigenvalue weighted by molar-refractivity contribution is 6.05. The van der Waals surface area contributed by atoms with Gasteiger partial charge in [0.05, 0.1) is 30.8 Å². The van der Waals surface area contributed by atoms with E-state index in [1.54, 1.807) is 6.33 Å². The summed E-state index contributed by atoms with van der Waals surface area (Å²) < 4.78 is 5.37. The summed E-state index contributed by atoms with van der Waals surface area (Å²) in [7, 11) is 0. The first kappa shape index (κ1) is 29.1. The lowest BCUT2D eigenvalue weighted by molar-refractivity contribution is 0.0303. The first-order valence-electron chi connectivity index (χ1n) is 14.8. The molecule has 0 spiro atoms. The molecule has 1 aliphatic heterocycles. The Bertz CT molecular complexity index is 1810. The molecule has 1 aliphatic rings. The molecule has 6 rings (SSSR count). The van der Waals surface area contributed by atoms with Crippen LogP contribution in [0.25, 0.3) is 22.3 Å². The second-order valence-corrected chi connectivity index (χ2v) is 12.0. The maximum absolute atomic E-state index is 13.1. The SMILES string of the molecule is Cc1c(NC(=O)c2ccc(C(C)(C)C)cc2)cccc1-c1cc2[nH]cnc2c(Nc2ccc(C(=O)N3CCOCC3)cc2)n1. The van der Waals surface area contributed by atoms with Gasteiger partial charge in [-0.1, -0.05) is 45.0 Å². The van der Waals surface area contributed by atoms with Gasteiger partial charge in [0.1, 0.15) is 5.52 Å². The van der Waals surface area contributed by atoms with Crippen molar-refractivity contribution in [3.05, 3.63) is 101 Å². The third-order valence-electron chi connectivity index (χ3n) is 7.97. The first-order chi connectivity index (χ1) is 21.2. The number of morpholine rings is 1. The first-order valence-corrected chi connectivity index (χ1v) is 14.8. The molecule has 2 amide bonds. The van der Waals surface area contributed by atoms with Gasteiger partial charge in [-0.3, -0.25) is 9.59 Å². The van der Waals surface area contributed by atoms with Crippen LogP contribution < -0.4 is 10.6 Å². The van der Waals surface area contributed by atoms with Crippen molar-refractivity contribution in [3.63, 3.8) is 0 Å². The van der Waals surface area contributed by atoms with Crippen molar-refractivity contribution in [1.82, 2.24) is 19.9 Å². The van der Waals surface area contributed by atoms with E-state index in [-0.39, 0.29) is 17.2 Å². The number of nitrogens with one attached hydrogen (secondary N) is 3. The topological polar surface area (TPSA) is 112 Å². The van der Waals surface area contributed by atoms with Gasteiger partial charge in [0.25, 0.3) is 11.8 Å². The lowest BCUT2D eigenvalue weighted by atomic mass is 9.86. The number of H-pyrrole nitrogens is 1. The second kappa shape index (κ2) is 11.9. The molecule has 2 aromatic heterocycles. The van der Waals surface area contributed by atoms with Gasteiger partial charge in [-0.05, 0) is 72.0 Å². The minimum atomic E-state index is -0.166. The van der Waals surface area contributed by atoms with Gasteiger partial charge in [-0.25, -0.2) is 9.97 Å². The standard InChI is InChI=1S/C35H36N6O3/c1-22-27(6-5-7-28(22)40-33(42)23-8-12-25(13-9-23)35(2,3)4)29-20-30-31(37-21-36-30)32(39-29)38-26-14-10-24(11-15-26)34(43)41-16-18-44-19-17-41/h5-15,20-21H,16-19H2,1-4H3,(H,36,37)(H,38,39)(H,40,42). The quantitative estimate of drug-likeness (QED) is 0.204. The van der Waals surface area contributed by atoms with Crippen LogP contribution in [0.2, 0.25) is 0 Å². The second-order valence-electron chi connectivity index (χ2n) is 12.0. The maximum Gasteiger partial charge on any atom is 0.255 e. The predicted octanol–water partition coefficient (Wildman–Crippen LogP) is 6.70. The molecule has 0 unspecified atom stereocenters. The molecular weight excluding hydrogens is 552 g/mol. The number of pyridine rings is 1. The number of anilines is 3. The summed E-state index contributed by atoms with van der Waals surface area (Å²) in [5.74, 6) is 0.415. The van der Waals surface area contributed by atoms with Crippen LogP contribution in [0.4, 0.5) is 17.2 Å². The van der Waals surface area contributed by atoms with Crippen LogP contribution in [0.5, 0.6) is 0 Å². The summed E-state index contributed by atoms with van der Waals surface area (Å²) in [6.07, 6.45) is 1.64. The van der Waals surface area contributed by atoms with Crippen molar-refractivity contribution in [2.24, 2.45) is 0 Å². The van der Waals surface area contributed by atoms with Crippen molar-refractivity contribution in [3.8, 4) is 11.3 Å². The van der Waals surface area contributed by atoms with E-state index in [2.05, 4.69) is 41.4 Å². The number of hydrogen-bond donors (Lipinski definition) is 3. The Hall–Kier alpha value is -5.02. The number of benzene rings is 3. The van der Waals surface area contributed by atoms with E-state index in [0.717, 1.165) is 28.0 Å². The number of carbonyl (C=O) groups excluding carboxylic acids is 2. The molecular formula is C35H36N6O3. The molecule has 3 aromatic carbocycles. The van der Waals surface area contributed by atoms with Gasteiger partial charge in [0.2, 0.25) is 0 Å². The highest BCUT2D eigenvalue weighted by Crippen LogP contribution is 2.32. The molecule has 5 aromatic rings. The summed E-state index contributed by atoms with van der Waals surface area (Å²) in [6, 6.07) is 22.9. The number of hydrogen-bond acceptors (Lipinski definition) is 6. The Morgan fingerprint density at radius 3 is 2.34 bits per heavy atom. The number of aromatic amines is 1. The van der Waals surface area contributed by atoms with E-state index in [9.17, 15) is 9.59 Å². The largest absolute Gasteiger partial charge is 0.378 e. The summed E-state index contributed by atoms with van der Waals surface area (Å²) in [5.41, 5.74) is 7.96. The monoisotopic (exact) mass is 588 g/mol. The Morgan fingerprint density at radius 1 is 0.932 bits per heavy atom. The van der Waals surface area contributed by atoms with Crippen LogP contribution in [0.3, 0.4) is 0 Å². The van der Waals surface area contributed by atoms with E-state index in [4.69, 9.17) is 9.72 Å². The Labute approximate surface area is 256 Å². The number of amides is 2. The number of imidazole rings is 1. The molecule has 0 radical (unpaired) electrons. The van der Waals surface area contributed by atoms with E-state index in [1.807, 2.05) is 84.6 Å². The maximum atomic E-state index is 13.1. The van der Waals surface area contributed by atoms with Crippen LogP contribution in [0.1, 0.15) is 52.6 Å². The van der Waals surface area contributed by atoms with Crippen molar-refractivity contribution < 1.29 is 14.3 Å². The van der Waals surface area contributed by atoms with Crippen LogP contribution in [0.15, 0.2) is 79.1 Å². The van der Waals surface area contributed by atoms with Crippen molar-refractivity contribution in [2.75, 3.05) is 36.9 Å².